The van der Waals surface area contributed by atoms with E-state index in [1.807, 2.05) is 0 Å². The zero-order valence-electron chi connectivity index (χ0n) is 7.79. The molecular formula is C10H9BFNO. The topological polar surface area (TPSA) is 25.2 Å². The highest BCUT2D eigenvalue weighted by Crippen LogP contribution is 2.22. The van der Waals surface area contributed by atoms with Crippen LogP contribution in [0.2, 0.25) is 0 Å². The molecule has 0 atom stereocenters. The quantitative estimate of drug-likeness (QED) is 0.653. The van der Waals surface area contributed by atoms with Crippen LogP contribution < -0.4 is 5.46 Å². The molecule has 0 spiro atoms. The normalized spacial score (nSPS) is 11.1. The van der Waals surface area contributed by atoms with Crippen LogP contribution in [0.4, 0.5) is 4.39 Å². The molecule has 0 aliphatic carbocycles. The monoisotopic (exact) mass is 189 g/mol. The van der Waals surface area contributed by atoms with Crippen molar-refractivity contribution in [2.24, 2.45) is 7.05 Å². The summed E-state index contributed by atoms with van der Waals surface area (Å²) in [6.45, 7) is -0.309. The fourth-order valence-electron chi connectivity index (χ4n) is 1.65. The first-order valence-corrected chi connectivity index (χ1v) is 4.28. The van der Waals surface area contributed by atoms with Crippen molar-refractivity contribution in [2.75, 3.05) is 0 Å². The molecule has 4 heteroatoms. The van der Waals surface area contributed by atoms with Gasteiger partial charge in [0.1, 0.15) is 7.85 Å². The minimum absolute atomic E-state index is 0.283. The van der Waals surface area contributed by atoms with E-state index in [9.17, 15) is 4.39 Å². The third-order valence-electron chi connectivity index (χ3n) is 2.43. The number of nitrogens with zero attached hydrogens (tertiary/aromatic N) is 1. The average Bonchev–Trinajstić information content (AvgIpc) is 2.39. The van der Waals surface area contributed by atoms with E-state index < -0.39 is 5.82 Å². The molecule has 1 heterocycles. The lowest BCUT2D eigenvalue weighted by molar-refractivity contribution is 0.267. The molecule has 0 bridgehead atoms. The first-order chi connectivity index (χ1) is 6.65. The molecule has 1 N–H and O–H groups in total. The fraction of sp³-hybridized carbons (Fsp3) is 0.200. The van der Waals surface area contributed by atoms with Crippen molar-refractivity contribution >= 4 is 24.2 Å². The number of aryl methyl sites for hydroxylation is 1. The smallest absolute Gasteiger partial charge is 0.154 e. The molecule has 0 saturated heterocycles. The fourth-order valence-corrected chi connectivity index (χ4v) is 1.65. The first kappa shape index (κ1) is 9.28. The lowest BCUT2D eigenvalue weighted by atomic mass is 9.95. The van der Waals surface area contributed by atoms with Gasteiger partial charge in [0.2, 0.25) is 0 Å². The van der Waals surface area contributed by atoms with E-state index in [0.717, 1.165) is 5.52 Å². The maximum absolute atomic E-state index is 13.6. The highest BCUT2D eigenvalue weighted by atomic mass is 19.1. The van der Waals surface area contributed by atoms with E-state index in [1.54, 1.807) is 29.8 Å². The summed E-state index contributed by atoms with van der Waals surface area (Å²) in [6.07, 6.45) is 0. The van der Waals surface area contributed by atoms with Gasteiger partial charge in [-0.3, -0.25) is 0 Å². The van der Waals surface area contributed by atoms with Gasteiger partial charge in [0.05, 0.1) is 17.8 Å². The van der Waals surface area contributed by atoms with Crippen LogP contribution >= 0.6 is 0 Å². The molecule has 0 amide bonds. The van der Waals surface area contributed by atoms with Gasteiger partial charge in [0.15, 0.2) is 5.82 Å². The Balaban J connectivity index is 2.87. The van der Waals surface area contributed by atoms with Gasteiger partial charge in [-0.2, -0.15) is 0 Å². The molecule has 2 aromatic rings. The molecule has 14 heavy (non-hydrogen) atoms. The van der Waals surface area contributed by atoms with E-state index in [2.05, 4.69) is 0 Å². The van der Waals surface area contributed by atoms with Crippen LogP contribution in [0.25, 0.3) is 10.9 Å². The molecule has 2 radical (unpaired) electrons. The molecule has 1 aromatic carbocycles. The van der Waals surface area contributed by atoms with Gasteiger partial charge < -0.3 is 9.67 Å². The van der Waals surface area contributed by atoms with E-state index in [-0.39, 0.29) is 12.3 Å². The van der Waals surface area contributed by atoms with Crippen molar-refractivity contribution in [2.45, 2.75) is 6.61 Å². The molecule has 70 valence electrons. The summed E-state index contributed by atoms with van der Waals surface area (Å²) in [5.41, 5.74) is 1.54. The molecule has 0 aliphatic rings. The van der Waals surface area contributed by atoms with Gasteiger partial charge in [-0.05, 0) is 6.07 Å². The van der Waals surface area contributed by atoms with E-state index in [1.165, 1.54) is 0 Å². The predicted octanol–water partition coefficient (Wildman–Crippen LogP) is 0.603. The average molecular weight is 189 g/mol. The second-order valence-corrected chi connectivity index (χ2v) is 3.25. The molecule has 0 saturated carbocycles. The molecule has 1 aromatic heterocycles. The standard InChI is InChI=1S/C10H9BFNO/c1-13-8-3-2-6(11)4-7(8)10(12)9(13)5-14/h2-4,14H,5H2,1H3. The Morgan fingerprint density at radius 3 is 2.86 bits per heavy atom. The summed E-state index contributed by atoms with van der Waals surface area (Å²) in [7, 11) is 7.27. The zero-order chi connectivity index (χ0) is 10.3. The largest absolute Gasteiger partial charge is 0.390 e. The summed E-state index contributed by atoms with van der Waals surface area (Å²) < 4.78 is 15.3. The summed E-state index contributed by atoms with van der Waals surface area (Å²) in [5, 5.41) is 9.43. The van der Waals surface area contributed by atoms with Crippen LogP contribution in [0.5, 0.6) is 0 Å². The van der Waals surface area contributed by atoms with Crippen LogP contribution in [-0.4, -0.2) is 17.5 Å². The summed E-state index contributed by atoms with van der Waals surface area (Å²) >= 11 is 0. The minimum Gasteiger partial charge on any atom is -0.390 e. The third-order valence-corrected chi connectivity index (χ3v) is 2.43. The van der Waals surface area contributed by atoms with Gasteiger partial charge in [0.25, 0.3) is 0 Å². The Labute approximate surface area is 82.4 Å². The highest BCUT2D eigenvalue weighted by molar-refractivity contribution is 6.33. The lowest BCUT2D eigenvalue weighted by Gasteiger charge is -1.99. The van der Waals surface area contributed by atoms with E-state index in [4.69, 9.17) is 13.0 Å². The van der Waals surface area contributed by atoms with Crippen LogP contribution in [0.1, 0.15) is 5.69 Å². The van der Waals surface area contributed by atoms with Gasteiger partial charge in [-0.15, -0.1) is 0 Å². The van der Waals surface area contributed by atoms with Crippen molar-refractivity contribution in [3.63, 3.8) is 0 Å². The van der Waals surface area contributed by atoms with Crippen molar-refractivity contribution in [3.05, 3.63) is 29.7 Å². The SMILES string of the molecule is [B]c1ccc2c(c1)c(F)c(CO)n2C. The Morgan fingerprint density at radius 2 is 2.21 bits per heavy atom. The Hall–Kier alpha value is -1.29. The molecule has 0 fully saturated rings. The Bertz CT molecular complexity index is 492. The van der Waals surface area contributed by atoms with Gasteiger partial charge in [-0.1, -0.05) is 17.6 Å². The van der Waals surface area contributed by atoms with Crippen LogP contribution in [-0.2, 0) is 13.7 Å². The van der Waals surface area contributed by atoms with Crippen molar-refractivity contribution in [3.8, 4) is 0 Å². The number of rotatable bonds is 1. The maximum atomic E-state index is 13.6. The molecule has 2 rings (SSSR count). The number of aliphatic hydroxyl groups excluding tert-OH is 1. The molecule has 0 unspecified atom stereocenters. The zero-order valence-corrected chi connectivity index (χ0v) is 7.79. The summed E-state index contributed by atoms with van der Waals surface area (Å²) in [6, 6.07) is 5.03. The van der Waals surface area contributed by atoms with Crippen molar-refractivity contribution in [1.82, 2.24) is 4.57 Å². The minimum atomic E-state index is -0.391. The Kier molecular flexibility index (Phi) is 2.08. The molecular weight excluding hydrogens is 180 g/mol. The number of benzene rings is 1. The number of halogens is 1. The van der Waals surface area contributed by atoms with Gasteiger partial charge in [0, 0.05) is 12.4 Å². The number of aromatic nitrogens is 1. The van der Waals surface area contributed by atoms with E-state index in [0.29, 0.717) is 10.8 Å². The van der Waals surface area contributed by atoms with Crippen molar-refractivity contribution in [1.29, 1.82) is 0 Å². The number of hydrogen-bond acceptors (Lipinski definition) is 1. The summed E-state index contributed by atoms with van der Waals surface area (Å²) in [4.78, 5) is 0. The second kappa shape index (κ2) is 3.13. The van der Waals surface area contributed by atoms with Gasteiger partial charge in [-0.25, -0.2) is 4.39 Å². The Morgan fingerprint density at radius 1 is 1.50 bits per heavy atom. The van der Waals surface area contributed by atoms with Crippen LogP contribution in [0.15, 0.2) is 18.2 Å². The number of aliphatic hydroxyl groups is 1. The maximum Gasteiger partial charge on any atom is 0.154 e. The van der Waals surface area contributed by atoms with Gasteiger partial charge >= 0.3 is 0 Å². The third kappa shape index (κ3) is 1.15. The molecule has 2 nitrogen and oxygen atoms in total. The number of hydrogen-bond donors (Lipinski definition) is 1. The molecule has 0 aliphatic heterocycles. The van der Waals surface area contributed by atoms with Crippen molar-refractivity contribution < 1.29 is 9.50 Å². The number of fused-ring (bicyclic) bond motifs is 1. The van der Waals surface area contributed by atoms with Crippen LogP contribution in [0, 0.1) is 5.82 Å². The highest BCUT2D eigenvalue weighted by Gasteiger charge is 2.13. The lowest BCUT2D eigenvalue weighted by Crippen LogP contribution is -2.00. The first-order valence-electron chi connectivity index (χ1n) is 4.28. The van der Waals surface area contributed by atoms with Crippen LogP contribution in [0.3, 0.4) is 0 Å². The van der Waals surface area contributed by atoms with E-state index >= 15 is 0 Å². The summed E-state index contributed by atoms with van der Waals surface area (Å²) in [5.74, 6) is -0.391. The second-order valence-electron chi connectivity index (χ2n) is 3.25. The predicted molar refractivity (Wildman–Crippen MR) is 54.2 cm³/mol.